The Kier molecular flexibility index (Phi) is 6.07. The highest BCUT2D eigenvalue weighted by atomic mass is 79.9. The van der Waals surface area contributed by atoms with Crippen LogP contribution in [-0.2, 0) is 25.0 Å². The molecule has 1 aromatic carbocycles. The molecule has 0 saturated carbocycles. The van der Waals surface area contributed by atoms with Crippen LogP contribution in [0.2, 0.25) is 5.02 Å². The third-order valence-corrected chi connectivity index (χ3v) is 7.50. The summed E-state index contributed by atoms with van der Waals surface area (Å²) in [4.78, 5) is 22.1. The molecule has 35 heavy (non-hydrogen) atoms. The second-order valence-corrected chi connectivity index (χ2v) is 9.90. The molecule has 0 bridgehead atoms. The molecule has 11 heteroatoms. The first-order chi connectivity index (χ1) is 16.6. The van der Waals surface area contributed by atoms with Gasteiger partial charge in [0.25, 0.3) is 5.91 Å². The van der Waals surface area contributed by atoms with Crippen molar-refractivity contribution in [2.45, 2.75) is 30.4 Å². The normalized spacial score (nSPS) is 18.0. The monoisotopic (exact) mass is 567 g/mol. The molecule has 0 fully saturated rings. The van der Waals surface area contributed by atoms with Gasteiger partial charge in [0.1, 0.15) is 5.82 Å². The molecule has 0 aliphatic carbocycles. The summed E-state index contributed by atoms with van der Waals surface area (Å²) in [5.41, 5.74) is 2.09. The first-order valence-electron chi connectivity index (χ1n) is 11.1. The first kappa shape index (κ1) is 24.1. The number of halogens is 5. The van der Waals surface area contributed by atoms with Crippen LogP contribution in [0.1, 0.15) is 45.2 Å². The van der Waals surface area contributed by atoms with Crippen LogP contribution in [-0.4, -0.2) is 45.7 Å². The van der Waals surface area contributed by atoms with Crippen molar-refractivity contribution in [3.05, 3.63) is 63.6 Å². The van der Waals surface area contributed by atoms with Crippen LogP contribution in [0.4, 0.5) is 19.0 Å². The fourth-order valence-electron chi connectivity index (χ4n) is 5.10. The number of anilines is 1. The molecule has 0 saturated heterocycles. The number of aromatic nitrogens is 3. The smallest absolute Gasteiger partial charge is 0.359 e. The van der Waals surface area contributed by atoms with Crippen molar-refractivity contribution < 1.29 is 18.0 Å². The fraction of sp³-hybridized carbons (Fsp3) is 0.375. The number of alkyl halides is 4. The SMILES string of the molecule is CN1CCC(N2CCc3c(cc(CBr)cc3-c3cn(C)nc3C(F)(F)F)C2=O)c2cc(Cl)cnc21. The molecule has 4 heterocycles. The third-order valence-electron chi connectivity index (χ3n) is 6.64. The average molecular weight is 569 g/mol. The summed E-state index contributed by atoms with van der Waals surface area (Å²) in [6, 6.07) is 5.13. The van der Waals surface area contributed by atoms with E-state index in [4.69, 9.17) is 11.6 Å². The Morgan fingerprint density at radius 3 is 2.60 bits per heavy atom. The van der Waals surface area contributed by atoms with Gasteiger partial charge in [0.2, 0.25) is 0 Å². The number of fused-ring (bicyclic) bond motifs is 2. The Hall–Kier alpha value is -2.59. The van der Waals surface area contributed by atoms with Crippen molar-refractivity contribution in [1.82, 2.24) is 19.7 Å². The summed E-state index contributed by atoms with van der Waals surface area (Å²) in [5.74, 6) is 0.581. The molecule has 1 unspecified atom stereocenters. The Bertz CT molecular complexity index is 1330. The Balaban J connectivity index is 1.61. The Labute approximate surface area is 213 Å². The van der Waals surface area contributed by atoms with Gasteiger partial charge in [-0.15, -0.1) is 0 Å². The number of carbonyl (C=O) groups excluding carboxylic acids is 1. The van der Waals surface area contributed by atoms with Crippen molar-refractivity contribution in [3.63, 3.8) is 0 Å². The zero-order valence-electron chi connectivity index (χ0n) is 19.0. The van der Waals surface area contributed by atoms with Gasteiger partial charge in [0.15, 0.2) is 5.69 Å². The number of hydrogen-bond donors (Lipinski definition) is 0. The van der Waals surface area contributed by atoms with Crippen LogP contribution in [0.5, 0.6) is 0 Å². The number of aryl methyl sites for hydroxylation is 1. The quantitative estimate of drug-likeness (QED) is 0.385. The van der Waals surface area contributed by atoms with E-state index in [0.717, 1.165) is 28.2 Å². The second-order valence-electron chi connectivity index (χ2n) is 8.91. The lowest BCUT2D eigenvalue weighted by molar-refractivity contribution is -0.140. The predicted molar refractivity (Wildman–Crippen MR) is 131 cm³/mol. The molecule has 6 nitrogen and oxygen atoms in total. The number of carbonyl (C=O) groups is 1. The van der Waals surface area contributed by atoms with Crippen molar-refractivity contribution in [2.24, 2.45) is 7.05 Å². The highest BCUT2D eigenvalue weighted by Crippen LogP contribution is 2.43. The maximum Gasteiger partial charge on any atom is 0.435 e. The molecule has 2 aliphatic heterocycles. The van der Waals surface area contributed by atoms with Crippen molar-refractivity contribution in [3.8, 4) is 11.1 Å². The molecule has 3 aromatic rings. The van der Waals surface area contributed by atoms with E-state index in [9.17, 15) is 18.0 Å². The van der Waals surface area contributed by atoms with Gasteiger partial charge < -0.3 is 9.80 Å². The number of nitrogens with zero attached hydrogens (tertiary/aromatic N) is 5. The summed E-state index contributed by atoms with van der Waals surface area (Å²) in [6.45, 7) is 1.11. The van der Waals surface area contributed by atoms with Crippen molar-refractivity contribution >= 4 is 39.3 Å². The van der Waals surface area contributed by atoms with Gasteiger partial charge in [-0.1, -0.05) is 27.5 Å². The van der Waals surface area contributed by atoms with E-state index in [1.807, 2.05) is 22.9 Å². The summed E-state index contributed by atoms with van der Waals surface area (Å²) in [6.07, 6.45) is -0.511. The lowest BCUT2D eigenvalue weighted by atomic mass is 9.87. The molecule has 1 amide bonds. The van der Waals surface area contributed by atoms with Gasteiger partial charge in [0.05, 0.1) is 11.1 Å². The van der Waals surface area contributed by atoms with E-state index >= 15 is 0 Å². The molecular weight excluding hydrogens is 547 g/mol. The van der Waals surface area contributed by atoms with Gasteiger partial charge in [-0.2, -0.15) is 18.3 Å². The highest BCUT2D eigenvalue weighted by Gasteiger charge is 2.40. The average Bonchev–Trinajstić information content (AvgIpc) is 3.21. The van der Waals surface area contributed by atoms with Crippen LogP contribution in [0.3, 0.4) is 0 Å². The van der Waals surface area contributed by atoms with Gasteiger partial charge in [-0.05, 0) is 47.7 Å². The summed E-state index contributed by atoms with van der Waals surface area (Å²) < 4.78 is 42.5. The molecule has 1 atom stereocenters. The number of hydrogen-bond acceptors (Lipinski definition) is 4. The minimum atomic E-state index is -4.61. The van der Waals surface area contributed by atoms with Gasteiger partial charge >= 0.3 is 6.18 Å². The molecule has 0 radical (unpaired) electrons. The number of amides is 1. The molecule has 184 valence electrons. The van der Waals surface area contributed by atoms with Crippen LogP contribution in [0.15, 0.2) is 30.6 Å². The minimum Gasteiger partial charge on any atom is -0.359 e. The van der Waals surface area contributed by atoms with Gasteiger partial charge in [0, 0.05) is 61.6 Å². The zero-order chi connectivity index (χ0) is 25.1. The van der Waals surface area contributed by atoms with Crippen molar-refractivity contribution in [2.75, 3.05) is 25.0 Å². The molecule has 2 aliphatic rings. The summed E-state index contributed by atoms with van der Waals surface area (Å²) in [7, 11) is 3.41. The fourth-order valence-corrected chi connectivity index (χ4v) is 5.59. The van der Waals surface area contributed by atoms with Crippen LogP contribution >= 0.6 is 27.5 Å². The molecule has 2 aromatic heterocycles. The molecule has 0 N–H and O–H groups in total. The Morgan fingerprint density at radius 2 is 1.89 bits per heavy atom. The largest absolute Gasteiger partial charge is 0.435 e. The first-order valence-corrected chi connectivity index (χ1v) is 12.6. The van der Waals surface area contributed by atoms with Gasteiger partial charge in [-0.25, -0.2) is 4.98 Å². The lowest BCUT2D eigenvalue weighted by Crippen LogP contribution is -2.44. The van der Waals surface area contributed by atoms with Crippen LogP contribution in [0, 0.1) is 0 Å². The molecular formula is C24H22BrClF3N5O. The van der Waals surface area contributed by atoms with E-state index in [1.165, 1.54) is 13.2 Å². The maximum atomic E-state index is 13.8. The number of pyridine rings is 1. The standard InChI is InChI=1S/C24H22BrClF3N5O/c1-32-5-4-20(18-9-14(26)11-30-22(18)32)34-6-3-15-16(7-13(10-25)8-17(15)23(34)35)19-12-33(2)31-21(19)24(27,28)29/h7-9,11-12,20H,3-6,10H2,1-2H3. The van der Waals surface area contributed by atoms with E-state index < -0.39 is 11.9 Å². The van der Waals surface area contributed by atoms with Gasteiger partial charge in [-0.3, -0.25) is 9.48 Å². The number of rotatable bonds is 3. The minimum absolute atomic E-state index is 0.0130. The van der Waals surface area contributed by atoms with E-state index in [0.29, 0.717) is 46.4 Å². The number of benzene rings is 1. The van der Waals surface area contributed by atoms with E-state index in [2.05, 4.69) is 26.0 Å². The zero-order valence-corrected chi connectivity index (χ0v) is 21.4. The maximum absolute atomic E-state index is 13.8. The highest BCUT2D eigenvalue weighted by molar-refractivity contribution is 9.08. The third kappa shape index (κ3) is 4.20. The topological polar surface area (TPSA) is 54.3 Å². The van der Waals surface area contributed by atoms with Crippen molar-refractivity contribution in [1.29, 1.82) is 0 Å². The van der Waals surface area contributed by atoms with E-state index in [1.54, 1.807) is 18.3 Å². The predicted octanol–water partition coefficient (Wildman–Crippen LogP) is 5.63. The summed E-state index contributed by atoms with van der Waals surface area (Å²) in [5, 5.41) is 4.57. The Morgan fingerprint density at radius 1 is 1.14 bits per heavy atom. The summed E-state index contributed by atoms with van der Waals surface area (Å²) >= 11 is 9.64. The molecule has 5 rings (SSSR count). The lowest BCUT2D eigenvalue weighted by Gasteiger charge is -2.41. The van der Waals surface area contributed by atoms with E-state index in [-0.39, 0.29) is 17.5 Å². The second kappa shape index (κ2) is 8.81. The van der Waals surface area contributed by atoms with Crippen LogP contribution in [0.25, 0.3) is 11.1 Å². The molecule has 0 spiro atoms. The van der Waals surface area contributed by atoms with Crippen LogP contribution < -0.4 is 4.90 Å².